The molecule has 4 nitrogen and oxygen atoms in total. The van der Waals surface area contributed by atoms with Gasteiger partial charge in [0.15, 0.2) is 11.5 Å². The number of benzene rings is 1. The van der Waals surface area contributed by atoms with Crippen molar-refractivity contribution in [2.75, 3.05) is 20.8 Å². The standard InChI is InChI=1S/C16H25NO3/c1-12(17-11-16(18)7-4-8-16)9-13-5-6-14(19-2)15(10-13)20-3/h5-6,10,12,17-18H,4,7-9,11H2,1-3H3. The van der Waals surface area contributed by atoms with E-state index < -0.39 is 5.60 Å². The molecule has 4 heteroatoms. The quantitative estimate of drug-likeness (QED) is 0.803. The molecule has 20 heavy (non-hydrogen) atoms. The van der Waals surface area contributed by atoms with Crippen molar-refractivity contribution in [3.63, 3.8) is 0 Å². The monoisotopic (exact) mass is 279 g/mol. The first kappa shape index (κ1) is 15.1. The van der Waals surface area contributed by atoms with Gasteiger partial charge in [-0.1, -0.05) is 6.07 Å². The van der Waals surface area contributed by atoms with Gasteiger partial charge in [-0.25, -0.2) is 0 Å². The Morgan fingerprint density at radius 3 is 2.50 bits per heavy atom. The molecule has 0 radical (unpaired) electrons. The van der Waals surface area contributed by atoms with Crippen LogP contribution in [-0.4, -0.2) is 37.5 Å². The molecule has 0 heterocycles. The van der Waals surface area contributed by atoms with Gasteiger partial charge in [0.1, 0.15) is 0 Å². The summed E-state index contributed by atoms with van der Waals surface area (Å²) >= 11 is 0. The van der Waals surface area contributed by atoms with Crippen LogP contribution in [0.4, 0.5) is 0 Å². The van der Waals surface area contributed by atoms with E-state index in [1.807, 2.05) is 12.1 Å². The van der Waals surface area contributed by atoms with Crippen LogP contribution < -0.4 is 14.8 Å². The van der Waals surface area contributed by atoms with Crippen molar-refractivity contribution in [1.29, 1.82) is 0 Å². The van der Waals surface area contributed by atoms with Crippen LogP contribution in [0.2, 0.25) is 0 Å². The molecule has 0 aromatic heterocycles. The van der Waals surface area contributed by atoms with Gasteiger partial charge < -0.3 is 19.9 Å². The summed E-state index contributed by atoms with van der Waals surface area (Å²) in [4.78, 5) is 0. The molecular formula is C16H25NO3. The lowest BCUT2D eigenvalue weighted by atomic mass is 9.80. The van der Waals surface area contributed by atoms with Crippen LogP contribution in [0.3, 0.4) is 0 Å². The van der Waals surface area contributed by atoms with E-state index in [1.54, 1.807) is 14.2 Å². The van der Waals surface area contributed by atoms with E-state index in [4.69, 9.17) is 9.47 Å². The average Bonchev–Trinajstić information content (AvgIpc) is 2.43. The van der Waals surface area contributed by atoms with Gasteiger partial charge in [-0.15, -0.1) is 0 Å². The fraction of sp³-hybridized carbons (Fsp3) is 0.625. The molecule has 0 amide bonds. The summed E-state index contributed by atoms with van der Waals surface area (Å²) in [5.74, 6) is 1.51. The molecule has 2 N–H and O–H groups in total. The lowest BCUT2D eigenvalue weighted by molar-refractivity contribution is -0.0328. The summed E-state index contributed by atoms with van der Waals surface area (Å²) < 4.78 is 10.6. The molecule has 1 fully saturated rings. The van der Waals surface area contributed by atoms with Crippen LogP contribution in [0.1, 0.15) is 31.7 Å². The van der Waals surface area contributed by atoms with E-state index in [9.17, 15) is 5.11 Å². The van der Waals surface area contributed by atoms with E-state index in [0.717, 1.165) is 37.2 Å². The van der Waals surface area contributed by atoms with Gasteiger partial charge in [0.2, 0.25) is 0 Å². The van der Waals surface area contributed by atoms with Gasteiger partial charge in [-0.2, -0.15) is 0 Å². The third kappa shape index (κ3) is 3.64. The smallest absolute Gasteiger partial charge is 0.160 e. The van der Waals surface area contributed by atoms with Crippen molar-refractivity contribution >= 4 is 0 Å². The van der Waals surface area contributed by atoms with Crippen LogP contribution in [-0.2, 0) is 6.42 Å². The molecule has 0 spiro atoms. The Morgan fingerprint density at radius 1 is 1.25 bits per heavy atom. The molecule has 0 aliphatic heterocycles. The predicted octanol–water partition coefficient (Wildman–Crippen LogP) is 2.14. The number of rotatable bonds is 7. The summed E-state index contributed by atoms with van der Waals surface area (Å²) in [6.07, 6.45) is 3.88. The van der Waals surface area contributed by atoms with Crippen molar-refractivity contribution < 1.29 is 14.6 Å². The van der Waals surface area contributed by atoms with Crippen molar-refractivity contribution in [2.24, 2.45) is 0 Å². The maximum absolute atomic E-state index is 10.1. The highest BCUT2D eigenvalue weighted by Crippen LogP contribution is 2.31. The second kappa shape index (κ2) is 6.46. The lowest BCUT2D eigenvalue weighted by Gasteiger charge is -2.37. The minimum Gasteiger partial charge on any atom is -0.493 e. The van der Waals surface area contributed by atoms with E-state index in [2.05, 4.69) is 18.3 Å². The molecule has 1 saturated carbocycles. The molecule has 1 unspecified atom stereocenters. The van der Waals surface area contributed by atoms with E-state index >= 15 is 0 Å². The molecule has 1 aliphatic rings. The number of aliphatic hydroxyl groups is 1. The summed E-state index contributed by atoms with van der Waals surface area (Å²) in [5, 5.41) is 13.5. The summed E-state index contributed by atoms with van der Waals surface area (Å²) in [5.41, 5.74) is 0.731. The van der Waals surface area contributed by atoms with E-state index in [-0.39, 0.29) is 0 Å². The predicted molar refractivity (Wildman–Crippen MR) is 79.5 cm³/mol. The zero-order valence-electron chi connectivity index (χ0n) is 12.6. The second-order valence-corrected chi connectivity index (χ2v) is 5.75. The van der Waals surface area contributed by atoms with Crippen LogP contribution in [0.5, 0.6) is 11.5 Å². The fourth-order valence-corrected chi connectivity index (χ4v) is 2.56. The van der Waals surface area contributed by atoms with Crippen molar-refractivity contribution in [2.45, 2.75) is 44.2 Å². The topological polar surface area (TPSA) is 50.7 Å². The molecule has 112 valence electrons. The Balaban J connectivity index is 1.88. The number of methoxy groups -OCH3 is 2. The van der Waals surface area contributed by atoms with Crippen molar-refractivity contribution in [3.8, 4) is 11.5 Å². The molecule has 1 aromatic carbocycles. The Kier molecular flexibility index (Phi) is 4.89. The minimum absolute atomic E-state index is 0.317. The van der Waals surface area contributed by atoms with E-state index in [1.165, 1.54) is 5.56 Å². The third-order valence-electron chi connectivity index (χ3n) is 4.05. The van der Waals surface area contributed by atoms with Gasteiger partial charge in [-0.05, 0) is 50.3 Å². The number of hydrogen-bond acceptors (Lipinski definition) is 4. The second-order valence-electron chi connectivity index (χ2n) is 5.75. The Labute approximate surface area is 121 Å². The largest absolute Gasteiger partial charge is 0.493 e. The van der Waals surface area contributed by atoms with Gasteiger partial charge in [0, 0.05) is 12.6 Å². The molecule has 0 bridgehead atoms. The minimum atomic E-state index is -0.466. The normalized spacial score (nSPS) is 18.2. The molecular weight excluding hydrogens is 254 g/mol. The fourth-order valence-electron chi connectivity index (χ4n) is 2.56. The summed E-state index contributed by atoms with van der Waals surface area (Å²) in [6, 6.07) is 6.31. The van der Waals surface area contributed by atoms with E-state index in [0.29, 0.717) is 12.6 Å². The maximum atomic E-state index is 10.1. The third-order valence-corrected chi connectivity index (χ3v) is 4.05. The van der Waals surface area contributed by atoms with Gasteiger partial charge in [-0.3, -0.25) is 0 Å². The van der Waals surface area contributed by atoms with Gasteiger partial charge in [0.25, 0.3) is 0 Å². The first-order valence-electron chi connectivity index (χ1n) is 7.23. The molecule has 0 saturated heterocycles. The first-order valence-corrected chi connectivity index (χ1v) is 7.23. The van der Waals surface area contributed by atoms with Crippen LogP contribution in [0.25, 0.3) is 0 Å². The SMILES string of the molecule is COc1ccc(CC(C)NCC2(O)CCC2)cc1OC. The summed E-state index contributed by atoms with van der Waals surface area (Å²) in [6.45, 7) is 2.82. The van der Waals surface area contributed by atoms with Crippen LogP contribution in [0, 0.1) is 0 Å². The van der Waals surface area contributed by atoms with Gasteiger partial charge in [0.05, 0.1) is 19.8 Å². The Hall–Kier alpha value is -1.26. The number of nitrogens with one attached hydrogen (secondary N) is 1. The molecule has 1 aliphatic carbocycles. The zero-order valence-corrected chi connectivity index (χ0v) is 12.6. The molecule has 1 atom stereocenters. The molecule has 1 aromatic rings. The molecule has 2 rings (SSSR count). The Morgan fingerprint density at radius 2 is 1.95 bits per heavy atom. The first-order chi connectivity index (χ1) is 9.56. The highest BCUT2D eigenvalue weighted by atomic mass is 16.5. The average molecular weight is 279 g/mol. The summed E-state index contributed by atoms with van der Waals surface area (Å²) in [7, 11) is 3.29. The number of ether oxygens (including phenoxy) is 2. The highest BCUT2D eigenvalue weighted by molar-refractivity contribution is 5.43. The Bertz CT molecular complexity index is 443. The van der Waals surface area contributed by atoms with Crippen molar-refractivity contribution in [3.05, 3.63) is 23.8 Å². The van der Waals surface area contributed by atoms with Crippen molar-refractivity contribution in [1.82, 2.24) is 5.32 Å². The van der Waals surface area contributed by atoms with Gasteiger partial charge >= 0.3 is 0 Å². The highest BCUT2D eigenvalue weighted by Gasteiger charge is 2.34. The van der Waals surface area contributed by atoms with Crippen LogP contribution >= 0.6 is 0 Å². The lowest BCUT2D eigenvalue weighted by Crippen LogP contribution is -2.48. The maximum Gasteiger partial charge on any atom is 0.160 e. The zero-order chi connectivity index (χ0) is 14.6. The van der Waals surface area contributed by atoms with Crippen LogP contribution in [0.15, 0.2) is 18.2 Å². The number of hydrogen-bond donors (Lipinski definition) is 2.